The number of carbonyl (C=O) groups is 1. The smallest absolute Gasteiger partial charge is 0.238 e. The summed E-state index contributed by atoms with van der Waals surface area (Å²) in [5.41, 5.74) is 1.37. The maximum absolute atomic E-state index is 12.4. The molecule has 0 saturated heterocycles. The first-order valence-corrected chi connectivity index (χ1v) is 9.31. The lowest BCUT2D eigenvalue weighted by Gasteiger charge is -2.15. The Hall–Kier alpha value is -1.62. The van der Waals surface area contributed by atoms with Crippen molar-refractivity contribution in [1.82, 2.24) is 5.32 Å². The van der Waals surface area contributed by atoms with E-state index in [1.165, 1.54) is 37.5 Å². The highest BCUT2D eigenvalue weighted by Crippen LogP contribution is 2.19. The molecule has 0 radical (unpaired) electrons. The lowest BCUT2D eigenvalue weighted by molar-refractivity contribution is -0.120. The minimum atomic E-state index is -3.62. The third kappa shape index (κ3) is 4.19. The van der Waals surface area contributed by atoms with Crippen LogP contribution in [0.4, 0.5) is 0 Å². The summed E-state index contributed by atoms with van der Waals surface area (Å²) in [5, 5.41) is 1.67. The molecule has 0 heterocycles. The van der Waals surface area contributed by atoms with E-state index in [9.17, 15) is 13.2 Å². The molecule has 0 saturated carbocycles. The standard InChI is InChI=1S/C17H23NO3S/c1-14(22(20,21)16-10-6-3-7-11-16)17(19)18-13-12-15-8-4-2-5-9-15/h3,6-8,10-11,14H,2,4-5,9,12-13H2,1H3,(H,18,19). The quantitative estimate of drug-likeness (QED) is 0.820. The predicted octanol–water partition coefficient (Wildman–Crippen LogP) is 2.86. The van der Waals surface area contributed by atoms with Crippen LogP contribution in [0.3, 0.4) is 0 Å². The minimum Gasteiger partial charge on any atom is -0.355 e. The van der Waals surface area contributed by atoms with Gasteiger partial charge in [0.05, 0.1) is 4.90 Å². The van der Waals surface area contributed by atoms with Crippen LogP contribution in [0, 0.1) is 0 Å². The molecule has 1 aliphatic rings. The fourth-order valence-corrected chi connectivity index (χ4v) is 3.89. The SMILES string of the molecule is CC(C(=O)NCCC1=CCCCC1)S(=O)(=O)c1ccccc1. The summed E-state index contributed by atoms with van der Waals surface area (Å²) in [4.78, 5) is 12.3. The summed E-state index contributed by atoms with van der Waals surface area (Å²) >= 11 is 0. The normalized spacial score (nSPS) is 16.7. The van der Waals surface area contributed by atoms with Gasteiger partial charge >= 0.3 is 0 Å². The largest absolute Gasteiger partial charge is 0.355 e. The van der Waals surface area contributed by atoms with Gasteiger partial charge in [-0.05, 0) is 51.2 Å². The molecule has 1 unspecified atom stereocenters. The molecule has 1 atom stereocenters. The Balaban J connectivity index is 1.90. The predicted molar refractivity (Wildman–Crippen MR) is 87.3 cm³/mol. The third-order valence-corrected chi connectivity index (χ3v) is 6.11. The van der Waals surface area contributed by atoms with Crippen LogP contribution in [-0.4, -0.2) is 26.1 Å². The van der Waals surface area contributed by atoms with Crippen molar-refractivity contribution >= 4 is 15.7 Å². The van der Waals surface area contributed by atoms with Crippen LogP contribution >= 0.6 is 0 Å². The number of nitrogens with one attached hydrogen (secondary N) is 1. The van der Waals surface area contributed by atoms with Gasteiger partial charge in [0, 0.05) is 6.54 Å². The molecule has 0 aromatic heterocycles. The minimum absolute atomic E-state index is 0.188. The molecule has 120 valence electrons. The summed E-state index contributed by atoms with van der Waals surface area (Å²) in [5.74, 6) is -0.430. The lowest BCUT2D eigenvalue weighted by atomic mass is 9.97. The second-order valence-corrected chi connectivity index (χ2v) is 7.92. The molecule has 2 rings (SSSR count). The Morgan fingerprint density at radius 3 is 2.59 bits per heavy atom. The molecule has 0 aliphatic heterocycles. The number of hydrogen-bond acceptors (Lipinski definition) is 3. The number of rotatable bonds is 6. The molecule has 0 bridgehead atoms. The monoisotopic (exact) mass is 321 g/mol. The second kappa shape index (κ2) is 7.58. The van der Waals surface area contributed by atoms with Crippen LogP contribution in [0.1, 0.15) is 39.0 Å². The molecule has 5 heteroatoms. The fraction of sp³-hybridized carbons (Fsp3) is 0.471. The number of benzene rings is 1. The van der Waals surface area contributed by atoms with Gasteiger partial charge in [-0.3, -0.25) is 4.79 Å². The molecule has 22 heavy (non-hydrogen) atoms. The highest BCUT2D eigenvalue weighted by molar-refractivity contribution is 7.92. The molecule has 1 aliphatic carbocycles. The van der Waals surface area contributed by atoms with Crippen molar-refractivity contribution in [2.75, 3.05) is 6.54 Å². The molecular formula is C17H23NO3S. The molecule has 1 aromatic rings. The average Bonchev–Trinajstić information content (AvgIpc) is 2.55. The van der Waals surface area contributed by atoms with Crippen molar-refractivity contribution in [2.45, 2.75) is 49.2 Å². The van der Waals surface area contributed by atoms with Crippen molar-refractivity contribution < 1.29 is 13.2 Å². The third-order valence-electron chi connectivity index (χ3n) is 4.04. The van der Waals surface area contributed by atoms with E-state index in [1.807, 2.05) is 0 Å². The Morgan fingerprint density at radius 2 is 1.95 bits per heavy atom. The number of amides is 1. The van der Waals surface area contributed by atoms with Crippen molar-refractivity contribution in [2.24, 2.45) is 0 Å². The highest BCUT2D eigenvalue weighted by Gasteiger charge is 2.29. The van der Waals surface area contributed by atoms with Crippen molar-refractivity contribution in [1.29, 1.82) is 0 Å². The van der Waals surface area contributed by atoms with Crippen LogP contribution in [0.5, 0.6) is 0 Å². The van der Waals surface area contributed by atoms with Gasteiger partial charge in [0.2, 0.25) is 5.91 Å². The Bertz CT molecular complexity index is 635. The maximum Gasteiger partial charge on any atom is 0.238 e. The van der Waals surface area contributed by atoms with E-state index < -0.39 is 21.0 Å². The summed E-state index contributed by atoms with van der Waals surface area (Å²) in [6.45, 7) is 1.94. The molecule has 1 aromatic carbocycles. The van der Waals surface area contributed by atoms with E-state index in [4.69, 9.17) is 0 Å². The van der Waals surface area contributed by atoms with E-state index in [0.29, 0.717) is 6.54 Å². The van der Waals surface area contributed by atoms with Gasteiger partial charge in [-0.15, -0.1) is 0 Å². The van der Waals surface area contributed by atoms with E-state index >= 15 is 0 Å². The van der Waals surface area contributed by atoms with E-state index in [0.717, 1.165) is 19.3 Å². The summed E-state index contributed by atoms with van der Waals surface area (Å²) < 4.78 is 24.7. The van der Waals surface area contributed by atoms with Crippen LogP contribution in [0.15, 0.2) is 46.9 Å². The molecule has 0 fully saturated rings. The zero-order chi connectivity index (χ0) is 16.0. The Kier molecular flexibility index (Phi) is 5.77. The lowest BCUT2D eigenvalue weighted by Crippen LogP contribution is -2.38. The molecule has 1 amide bonds. The molecule has 1 N–H and O–H groups in total. The molecule has 0 spiro atoms. The second-order valence-electron chi connectivity index (χ2n) is 5.65. The highest BCUT2D eigenvalue weighted by atomic mass is 32.2. The summed E-state index contributed by atoms with van der Waals surface area (Å²) in [6, 6.07) is 8.11. The van der Waals surface area contributed by atoms with Crippen molar-refractivity contribution in [3.05, 3.63) is 42.0 Å². The van der Waals surface area contributed by atoms with E-state index in [-0.39, 0.29) is 4.90 Å². The van der Waals surface area contributed by atoms with Gasteiger partial charge in [-0.1, -0.05) is 29.8 Å². The summed E-state index contributed by atoms with van der Waals surface area (Å²) in [6.07, 6.45) is 7.69. The van der Waals surface area contributed by atoms with Gasteiger partial charge in [0.25, 0.3) is 0 Å². The topological polar surface area (TPSA) is 63.2 Å². The average molecular weight is 321 g/mol. The Labute approximate surface area is 132 Å². The fourth-order valence-electron chi connectivity index (χ4n) is 2.58. The number of hydrogen-bond donors (Lipinski definition) is 1. The van der Waals surface area contributed by atoms with Crippen molar-refractivity contribution in [3.8, 4) is 0 Å². The molecular weight excluding hydrogens is 298 g/mol. The van der Waals surface area contributed by atoms with E-state index in [1.54, 1.807) is 18.2 Å². The Morgan fingerprint density at radius 1 is 1.23 bits per heavy atom. The van der Waals surface area contributed by atoms with Gasteiger partial charge in [-0.25, -0.2) is 8.42 Å². The van der Waals surface area contributed by atoms with Gasteiger partial charge < -0.3 is 5.32 Å². The zero-order valence-corrected chi connectivity index (χ0v) is 13.7. The number of carbonyl (C=O) groups excluding carboxylic acids is 1. The van der Waals surface area contributed by atoms with Gasteiger partial charge in [0.1, 0.15) is 5.25 Å². The van der Waals surface area contributed by atoms with E-state index in [2.05, 4.69) is 11.4 Å². The first-order chi connectivity index (χ1) is 10.5. The number of sulfone groups is 1. The van der Waals surface area contributed by atoms with Crippen LogP contribution in [-0.2, 0) is 14.6 Å². The summed E-state index contributed by atoms with van der Waals surface area (Å²) in [7, 11) is -3.62. The zero-order valence-electron chi connectivity index (χ0n) is 12.9. The van der Waals surface area contributed by atoms with Gasteiger partial charge in [-0.2, -0.15) is 0 Å². The maximum atomic E-state index is 12.4. The van der Waals surface area contributed by atoms with Crippen LogP contribution < -0.4 is 5.32 Å². The first kappa shape index (κ1) is 16.7. The molecule has 4 nitrogen and oxygen atoms in total. The first-order valence-electron chi connectivity index (χ1n) is 7.76. The van der Waals surface area contributed by atoms with Crippen molar-refractivity contribution in [3.63, 3.8) is 0 Å². The number of allylic oxidation sites excluding steroid dienone is 1. The van der Waals surface area contributed by atoms with Crippen LogP contribution in [0.2, 0.25) is 0 Å². The van der Waals surface area contributed by atoms with Gasteiger partial charge in [0.15, 0.2) is 9.84 Å². The van der Waals surface area contributed by atoms with Crippen LogP contribution in [0.25, 0.3) is 0 Å².